The van der Waals surface area contributed by atoms with Gasteiger partial charge < -0.3 is 24.2 Å². The second-order valence-electron chi connectivity index (χ2n) is 11.0. The summed E-state index contributed by atoms with van der Waals surface area (Å²) in [5.74, 6) is -2.49. The number of sulfonamides is 1. The summed E-state index contributed by atoms with van der Waals surface area (Å²) in [7, 11) is -2.10. The third-order valence-corrected chi connectivity index (χ3v) is 11.6. The quantitative estimate of drug-likeness (QED) is 0.258. The van der Waals surface area contributed by atoms with Crippen molar-refractivity contribution in [3.05, 3.63) is 71.5 Å². The number of halogens is 3. The molecule has 1 saturated heterocycles. The highest BCUT2D eigenvalue weighted by molar-refractivity contribution is 8.18. The SMILES string of the molecule is C=C(OCCCc1cccc(C2CC2(NS(=O)(=O)C2CC=C(c3cc(C(F)(F)F)on3)S2)C(=O)O)c1)N1CCN(C)CC1. The number of rotatable bonds is 12. The van der Waals surface area contributed by atoms with E-state index in [1.807, 2.05) is 18.2 Å². The van der Waals surface area contributed by atoms with E-state index in [9.17, 15) is 31.5 Å². The van der Waals surface area contributed by atoms with Crippen LogP contribution in [0.3, 0.4) is 0 Å². The van der Waals surface area contributed by atoms with E-state index in [2.05, 4.69) is 37.8 Å². The number of carboxylic acids is 1. The molecule has 5 rings (SSSR count). The van der Waals surface area contributed by atoms with Gasteiger partial charge in [-0.25, -0.2) is 8.42 Å². The van der Waals surface area contributed by atoms with Crippen molar-refractivity contribution in [2.24, 2.45) is 0 Å². The molecular weight excluding hydrogens is 609 g/mol. The molecule has 2 N–H and O–H groups in total. The number of ether oxygens (including phenoxy) is 1. The van der Waals surface area contributed by atoms with Crippen molar-refractivity contribution in [3.8, 4) is 0 Å². The van der Waals surface area contributed by atoms with E-state index >= 15 is 0 Å². The first-order valence-electron chi connectivity index (χ1n) is 13.8. The zero-order valence-electron chi connectivity index (χ0n) is 23.5. The maximum absolute atomic E-state index is 13.3. The number of hydrogen-bond donors (Lipinski definition) is 2. The topological polar surface area (TPSA) is 125 Å². The summed E-state index contributed by atoms with van der Waals surface area (Å²) in [5.41, 5.74) is -0.142. The predicted molar refractivity (Wildman–Crippen MR) is 154 cm³/mol. The van der Waals surface area contributed by atoms with Crippen LogP contribution in [0.2, 0.25) is 0 Å². The zero-order chi connectivity index (χ0) is 31.0. The Morgan fingerprint density at radius 1 is 1.28 bits per heavy atom. The molecule has 0 radical (unpaired) electrons. The Balaban J connectivity index is 1.16. The van der Waals surface area contributed by atoms with E-state index in [1.54, 1.807) is 6.07 Å². The number of alkyl halides is 3. The van der Waals surface area contributed by atoms with Crippen LogP contribution in [-0.2, 0) is 32.2 Å². The lowest BCUT2D eigenvalue weighted by molar-refractivity contribution is -0.155. The first-order chi connectivity index (χ1) is 20.3. The second-order valence-corrected chi connectivity index (χ2v) is 14.4. The minimum absolute atomic E-state index is 0.0251. The third kappa shape index (κ3) is 7.05. The van der Waals surface area contributed by atoms with Gasteiger partial charge in [-0.15, -0.1) is 11.8 Å². The van der Waals surface area contributed by atoms with Crippen LogP contribution in [0.1, 0.15) is 47.8 Å². The van der Waals surface area contributed by atoms with E-state index in [1.165, 1.54) is 6.08 Å². The van der Waals surface area contributed by atoms with Gasteiger partial charge in [0.15, 0.2) is 5.88 Å². The van der Waals surface area contributed by atoms with Crippen molar-refractivity contribution in [2.45, 2.75) is 47.9 Å². The minimum atomic E-state index is -4.72. The molecule has 0 spiro atoms. The average molecular weight is 643 g/mol. The number of allylic oxidation sites excluding steroid dienone is 1. The van der Waals surface area contributed by atoms with Gasteiger partial charge in [-0.05, 0) is 50.4 Å². The molecule has 1 aromatic carbocycles. The number of nitrogens with zero attached hydrogens (tertiary/aromatic N) is 3. The number of carbonyl (C=O) groups is 1. The van der Waals surface area contributed by atoms with Crippen LogP contribution in [-0.4, -0.2) is 84.4 Å². The Labute approximate surface area is 252 Å². The number of carboxylic acid groups (broad SMARTS) is 1. The summed E-state index contributed by atoms with van der Waals surface area (Å²) in [6, 6.07) is 8.14. The number of aliphatic carboxylic acids is 1. The summed E-state index contributed by atoms with van der Waals surface area (Å²) in [5, 5.41) is 13.5. The fourth-order valence-electron chi connectivity index (χ4n) is 5.28. The number of likely N-dealkylation sites (N-methyl/N-ethyl adjacent to an activating group) is 1. The number of hydrogen-bond acceptors (Lipinski definition) is 9. The summed E-state index contributed by atoms with van der Waals surface area (Å²) >= 11 is 0.801. The number of aromatic nitrogens is 1. The Hall–Kier alpha value is -3.01. The number of aryl methyl sites for hydroxylation is 1. The number of benzene rings is 1. The molecule has 1 aromatic heterocycles. The van der Waals surface area contributed by atoms with Gasteiger partial charge in [0.2, 0.25) is 15.8 Å². The van der Waals surface area contributed by atoms with Crippen molar-refractivity contribution >= 4 is 32.7 Å². The Bertz CT molecular complexity index is 1500. The van der Waals surface area contributed by atoms with Crippen LogP contribution in [0.4, 0.5) is 13.2 Å². The van der Waals surface area contributed by atoms with Gasteiger partial charge in [-0.3, -0.25) is 4.79 Å². The third-order valence-electron chi connectivity index (χ3n) is 7.90. The summed E-state index contributed by atoms with van der Waals surface area (Å²) in [4.78, 5) is 16.9. The van der Waals surface area contributed by atoms with E-state index in [0.717, 1.165) is 49.9 Å². The predicted octanol–water partition coefficient (Wildman–Crippen LogP) is 4.10. The number of piperazine rings is 1. The van der Waals surface area contributed by atoms with Crippen molar-refractivity contribution in [2.75, 3.05) is 39.8 Å². The molecule has 3 aliphatic rings. The van der Waals surface area contributed by atoms with E-state index < -0.39 is 44.0 Å². The largest absolute Gasteiger partial charge is 0.480 e. The highest BCUT2D eigenvalue weighted by Gasteiger charge is 2.64. The van der Waals surface area contributed by atoms with Crippen LogP contribution in [0.25, 0.3) is 4.91 Å². The molecule has 0 amide bonds. The van der Waals surface area contributed by atoms with Gasteiger partial charge in [0, 0.05) is 43.1 Å². The average Bonchev–Trinajstić information content (AvgIpc) is 3.29. The normalized spacial score (nSPS) is 24.6. The molecule has 3 atom stereocenters. The number of nitrogens with one attached hydrogen (secondary N) is 1. The summed E-state index contributed by atoms with van der Waals surface area (Å²) in [6.07, 6.45) is -1.80. The molecule has 3 heterocycles. The maximum atomic E-state index is 13.3. The molecule has 2 fully saturated rings. The molecule has 15 heteroatoms. The zero-order valence-corrected chi connectivity index (χ0v) is 25.1. The van der Waals surface area contributed by atoms with E-state index in [-0.39, 0.29) is 23.4 Å². The van der Waals surface area contributed by atoms with E-state index in [0.29, 0.717) is 30.5 Å². The highest BCUT2D eigenvalue weighted by atomic mass is 32.3. The first kappa shape index (κ1) is 31.4. The van der Waals surface area contributed by atoms with Crippen molar-refractivity contribution < 1.29 is 40.8 Å². The molecule has 2 aromatic rings. The van der Waals surface area contributed by atoms with Crippen LogP contribution in [0.15, 0.2) is 53.4 Å². The van der Waals surface area contributed by atoms with E-state index in [4.69, 9.17) is 4.74 Å². The molecule has 10 nitrogen and oxygen atoms in total. The maximum Gasteiger partial charge on any atom is 0.452 e. The minimum Gasteiger partial charge on any atom is -0.480 e. The Morgan fingerprint density at radius 2 is 2.02 bits per heavy atom. The molecule has 234 valence electrons. The molecule has 1 aliphatic carbocycles. The monoisotopic (exact) mass is 642 g/mol. The molecule has 2 aliphatic heterocycles. The lowest BCUT2D eigenvalue weighted by Crippen LogP contribution is -2.47. The molecule has 3 unspecified atom stereocenters. The van der Waals surface area contributed by atoms with Gasteiger partial charge in [-0.2, -0.15) is 17.9 Å². The van der Waals surface area contributed by atoms with Gasteiger partial charge >= 0.3 is 12.1 Å². The van der Waals surface area contributed by atoms with Crippen LogP contribution >= 0.6 is 11.8 Å². The van der Waals surface area contributed by atoms with Crippen molar-refractivity contribution in [1.29, 1.82) is 0 Å². The van der Waals surface area contributed by atoms with Gasteiger partial charge in [0.25, 0.3) is 0 Å². The molecule has 43 heavy (non-hydrogen) atoms. The highest BCUT2D eigenvalue weighted by Crippen LogP contribution is 2.53. The van der Waals surface area contributed by atoms with Gasteiger partial charge in [-0.1, -0.05) is 35.5 Å². The Kier molecular flexibility index (Phi) is 8.89. The second kappa shape index (κ2) is 12.2. The smallest absolute Gasteiger partial charge is 0.452 e. The van der Waals surface area contributed by atoms with Crippen molar-refractivity contribution in [1.82, 2.24) is 19.7 Å². The fraction of sp³-hybridized carbons (Fsp3) is 0.500. The fourth-order valence-corrected chi connectivity index (χ4v) is 8.43. The standard InChI is InChI=1S/C28H33F3N4O6S2/c1-18(35-12-10-34(2)11-13-35)40-14-4-6-19-5-3-7-20(15-19)21-17-27(21,26(36)37)33-43(38,39)25-9-8-23(42-25)22-16-24(41-32-22)28(29,30)31/h3,5,7-8,15-16,21,25,33H,1,4,6,9-14,17H2,2H3,(H,36,37). The Morgan fingerprint density at radius 3 is 2.70 bits per heavy atom. The first-order valence-corrected chi connectivity index (χ1v) is 16.2. The van der Waals surface area contributed by atoms with Crippen LogP contribution < -0.4 is 4.72 Å². The molecule has 0 bridgehead atoms. The molecule has 1 saturated carbocycles. The van der Waals surface area contributed by atoms with Crippen molar-refractivity contribution in [3.63, 3.8) is 0 Å². The molecular formula is C28H33F3N4O6S2. The lowest BCUT2D eigenvalue weighted by Gasteiger charge is -2.34. The van der Waals surface area contributed by atoms with Crippen LogP contribution in [0, 0.1) is 0 Å². The summed E-state index contributed by atoms with van der Waals surface area (Å²) in [6.45, 7) is 8.17. The summed E-state index contributed by atoms with van der Waals surface area (Å²) < 4.78 is 76.6. The van der Waals surface area contributed by atoms with Crippen LogP contribution in [0.5, 0.6) is 0 Å². The lowest BCUT2D eigenvalue weighted by atomic mass is 10.0. The number of thioether (sulfide) groups is 1. The van der Waals surface area contributed by atoms with Gasteiger partial charge in [0.1, 0.15) is 15.8 Å². The van der Waals surface area contributed by atoms with Gasteiger partial charge in [0.05, 0.1) is 6.61 Å².